The van der Waals surface area contributed by atoms with Gasteiger partial charge in [-0.1, -0.05) is 36.4 Å². The number of benzene rings is 2. The molecule has 5 nitrogen and oxygen atoms in total. The largest absolute Gasteiger partial charge is 0.495 e. The number of ether oxygens (including phenoxy) is 2. The first-order valence-corrected chi connectivity index (χ1v) is 10.1. The summed E-state index contributed by atoms with van der Waals surface area (Å²) in [5, 5.41) is 0.562. The molecule has 2 heterocycles. The number of carbonyl (C=O) groups excluding carboxylic acids is 1. The molecule has 3 aromatic rings. The van der Waals surface area contributed by atoms with Gasteiger partial charge in [0.25, 0.3) is 0 Å². The van der Waals surface area contributed by atoms with Gasteiger partial charge in [0, 0.05) is 11.6 Å². The van der Waals surface area contributed by atoms with Gasteiger partial charge < -0.3 is 13.9 Å². The molecule has 0 amide bonds. The van der Waals surface area contributed by atoms with Crippen molar-refractivity contribution in [2.45, 2.75) is 33.3 Å². The number of allylic oxidation sites excluding steroid dienone is 2. The summed E-state index contributed by atoms with van der Waals surface area (Å²) in [5.41, 5.74) is 1.84. The van der Waals surface area contributed by atoms with Gasteiger partial charge in [-0.3, -0.25) is 4.79 Å². The first-order chi connectivity index (χ1) is 14.8. The molecule has 0 N–H and O–H groups in total. The Kier molecular flexibility index (Phi) is 5.05. The van der Waals surface area contributed by atoms with Gasteiger partial charge in [0.1, 0.15) is 22.7 Å². The van der Waals surface area contributed by atoms with Crippen molar-refractivity contribution in [3.8, 4) is 22.6 Å². The van der Waals surface area contributed by atoms with E-state index in [1.54, 1.807) is 27.0 Å². The SMILES string of the molecule is C/C=C(/C)C(=O)c1c2c(c(OC)c3c(-c4ccccc4)cc(=O)oc13)C=CC(C)(C)O2. The van der Waals surface area contributed by atoms with E-state index >= 15 is 0 Å². The van der Waals surface area contributed by atoms with Crippen LogP contribution in [0.1, 0.15) is 43.6 Å². The fourth-order valence-electron chi connectivity index (χ4n) is 3.80. The summed E-state index contributed by atoms with van der Waals surface area (Å²) in [7, 11) is 1.56. The van der Waals surface area contributed by atoms with E-state index in [-0.39, 0.29) is 16.9 Å². The van der Waals surface area contributed by atoms with Crippen LogP contribution in [0.4, 0.5) is 0 Å². The Balaban J connectivity index is 2.25. The molecule has 0 atom stereocenters. The van der Waals surface area contributed by atoms with Crippen molar-refractivity contribution in [3.05, 3.63) is 75.7 Å². The fourth-order valence-corrected chi connectivity index (χ4v) is 3.80. The standard InChI is InChI=1S/C26H24O5/c1-6-15(2)22(28)21-24-17(12-13-26(3,4)31-24)23(29-5)20-18(14-19(27)30-25(20)21)16-10-8-7-9-11-16/h6-14H,1-5H3/b15-6-. The Morgan fingerprint density at radius 2 is 1.87 bits per heavy atom. The quantitative estimate of drug-likeness (QED) is 0.305. The third-order valence-corrected chi connectivity index (χ3v) is 5.46. The minimum atomic E-state index is -0.637. The van der Waals surface area contributed by atoms with E-state index in [1.807, 2.05) is 56.3 Å². The van der Waals surface area contributed by atoms with Crippen molar-refractivity contribution in [1.29, 1.82) is 0 Å². The molecular weight excluding hydrogens is 392 g/mol. The molecule has 0 unspecified atom stereocenters. The molecule has 0 saturated heterocycles. The van der Waals surface area contributed by atoms with E-state index in [0.29, 0.717) is 33.6 Å². The predicted molar refractivity (Wildman–Crippen MR) is 122 cm³/mol. The van der Waals surface area contributed by atoms with Crippen molar-refractivity contribution in [3.63, 3.8) is 0 Å². The van der Waals surface area contributed by atoms with E-state index in [0.717, 1.165) is 5.56 Å². The monoisotopic (exact) mass is 416 g/mol. The highest BCUT2D eigenvalue weighted by molar-refractivity contribution is 6.20. The summed E-state index contributed by atoms with van der Waals surface area (Å²) in [4.78, 5) is 26.1. The molecule has 0 bridgehead atoms. The van der Waals surface area contributed by atoms with E-state index in [2.05, 4.69) is 0 Å². The maximum absolute atomic E-state index is 13.5. The first kappa shape index (κ1) is 20.7. The molecule has 0 radical (unpaired) electrons. The smallest absolute Gasteiger partial charge is 0.336 e. The average Bonchev–Trinajstić information content (AvgIpc) is 2.76. The summed E-state index contributed by atoms with van der Waals surface area (Å²) >= 11 is 0. The third-order valence-electron chi connectivity index (χ3n) is 5.46. The lowest BCUT2D eigenvalue weighted by Gasteiger charge is -2.31. The Morgan fingerprint density at radius 1 is 1.16 bits per heavy atom. The second-order valence-corrected chi connectivity index (χ2v) is 8.04. The molecule has 0 fully saturated rings. The molecule has 5 heteroatoms. The Bertz CT molecular complexity index is 1310. The van der Waals surface area contributed by atoms with Crippen LogP contribution in [-0.4, -0.2) is 18.5 Å². The van der Waals surface area contributed by atoms with Crippen LogP contribution < -0.4 is 15.1 Å². The number of rotatable bonds is 4. The predicted octanol–water partition coefficient (Wildman–Crippen LogP) is 5.80. The zero-order chi connectivity index (χ0) is 22.3. The molecule has 1 aliphatic heterocycles. The van der Waals surface area contributed by atoms with Crippen molar-refractivity contribution in [2.75, 3.05) is 7.11 Å². The van der Waals surface area contributed by atoms with Crippen LogP contribution in [0.15, 0.2) is 63.3 Å². The molecule has 0 saturated carbocycles. The normalized spacial score (nSPS) is 14.8. The lowest BCUT2D eigenvalue weighted by molar-refractivity contribution is 0.102. The lowest BCUT2D eigenvalue weighted by atomic mass is 9.90. The fraction of sp³-hybridized carbons (Fsp3) is 0.231. The van der Waals surface area contributed by atoms with Crippen molar-refractivity contribution in [1.82, 2.24) is 0 Å². The zero-order valence-corrected chi connectivity index (χ0v) is 18.2. The van der Waals surface area contributed by atoms with Gasteiger partial charge in [-0.05, 0) is 51.0 Å². The van der Waals surface area contributed by atoms with Crippen LogP contribution in [0, 0.1) is 0 Å². The van der Waals surface area contributed by atoms with E-state index in [4.69, 9.17) is 13.9 Å². The van der Waals surface area contributed by atoms with Crippen molar-refractivity contribution >= 4 is 22.8 Å². The van der Waals surface area contributed by atoms with Crippen LogP contribution in [-0.2, 0) is 0 Å². The number of Topliss-reactive ketones (excluding diaryl/α,β-unsaturated/α-hetero) is 1. The number of carbonyl (C=O) groups is 1. The number of hydrogen-bond donors (Lipinski definition) is 0. The van der Waals surface area contributed by atoms with Gasteiger partial charge in [-0.15, -0.1) is 0 Å². The zero-order valence-electron chi connectivity index (χ0n) is 18.2. The number of methoxy groups -OCH3 is 1. The van der Waals surface area contributed by atoms with Crippen LogP contribution >= 0.6 is 0 Å². The van der Waals surface area contributed by atoms with Gasteiger partial charge in [-0.2, -0.15) is 0 Å². The van der Waals surface area contributed by atoms with E-state index in [1.165, 1.54) is 6.07 Å². The lowest BCUT2D eigenvalue weighted by Crippen LogP contribution is -2.29. The second-order valence-electron chi connectivity index (χ2n) is 8.04. The van der Waals surface area contributed by atoms with E-state index < -0.39 is 11.2 Å². The first-order valence-electron chi connectivity index (χ1n) is 10.1. The molecule has 2 aromatic carbocycles. The highest BCUT2D eigenvalue weighted by Gasteiger charge is 2.34. The molecule has 4 rings (SSSR count). The topological polar surface area (TPSA) is 65.7 Å². The van der Waals surface area contributed by atoms with Gasteiger partial charge in [0.2, 0.25) is 0 Å². The van der Waals surface area contributed by atoms with Crippen molar-refractivity contribution < 1.29 is 18.7 Å². The minimum Gasteiger partial charge on any atom is -0.495 e. The minimum absolute atomic E-state index is 0.166. The average molecular weight is 416 g/mol. The molecular formula is C26H24O5. The Labute approximate surface area is 180 Å². The highest BCUT2D eigenvalue weighted by atomic mass is 16.5. The van der Waals surface area contributed by atoms with Gasteiger partial charge in [-0.25, -0.2) is 4.79 Å². The van der Waals surface area contributed by atoms with Crippen LogP contribution in [0.2, 0.25) is 0 Å². The van der Waals surface area contributed by atoms with E-state index in [9.17, 15) is 9.59 Å². The van der Waals surface area contributed by atoms with Gasteiger partial charge in [0.05, 0.1) is 18.1 Å². The summed E-state index contributed by atoms with van der Waals surface area (Å²) in [5.74, 6) is 0.594. The number of ketones is 1. The van der Waals surface area contributed by atoms with Crippen molar-refractivity contribution in [2.24, 2.45) is 0 Å². The maximum Gasteiger partial charge on any atom is 0.336 e. The van der Waals surface area contributed by atoms with Gasteiger partial charge >= 0.3 is 5.63 Å². The maximum atomic E-state index is 13.5. The highest BCUT2D eigenvalue weighted by Crippen LogP contribution is 2.48. The second kappa shape index (κ2) is 7.58. The summed E-state index contributed by atoms with van der Waals surface area (Å²) in [6.07, 6.45) is 5.55. The Hall–Kier alpha value is -3.60. The molecule has 0 spiro atoms. The molecule has 1 aromatic heterocycles. The molecule has 0 aliphatic carbocycles. The Morgan fingerprint density at radius 3 is 2.52 bits per heavy atom. The summed E-state index contributed by atoms with van der Waals surface area (Å²) < 4.78 is 17.7. The van der Waals surface area contributed by atoms with Crippen LogP contribution in [0.5, 0.6) is 11.5 Å². The molecule has 1 aliphatic rings. The molecule has 158 valence electrons. The van der Waals surface area contributed by atoms with Crippen LogP contribution in [0.25, 0.3) is 28.2 Å². The number of hydrogen-bond acceptors (Lipinski definition) is 5. The van der Waals surface area contributed by atoms with Gasteiger partial charge in [0.15, 0.2) is 11.4 Å². The summed E-state index contributed by atoms with van der Waals surface area (Å²) in [6.45, 7) is 7.32. The van der Waals surface area contributed by atoms with Crippen LogP contribution in [0.3, 0.4) is 0 Å². The number of fused-ring (bicyclic) bond motifs is 2. The third kappa shape index (κ3) is 3.46. The molecule has 31 heavy (non-hydrogen) atoms. The summed E-state index contributed by atoms with van der Waals surface area (Å²) in [6, 6.07) is 10.9.